The first-order valence-corrected chi connectivity index (χ1v) is 11.0. The Balaban J connectivity index is 1.65. The zero-order valence-corrected chi connectivity index (χ0v) is 19.0. The third-order valence-electron chi connectivity index (χ3n) is 5.66. The van der Waals surface area contributed by atoms with E-state index in [9.17, 15) is 9.59 Å². The summed E-state index contributed by atoms with van der Waals surface area (Å²) >= 11 is 6.35. The van der Waals surface area contributed by atoms with Crippen molar-refractivity contribution < 1.29 is 4.79 Å². The second-order valence-corrected chi connectivity index (χ2v) is 8.36. The lowest BCUT2D eigenvalue weighted by atomic mass is 10.2. The molecule has 0 unspecified atom stereocenters. The maximum Gasteiger partial charge on any atom is 0.284 e. The highest BCUT2D eigenvalue weighted by molar-refractivity contribution is 6.32. The molecule has 1 aliphatic rings. The van der Waals surface area contributed by atoms with Crippen molar-refractivity contribution in [2.45, 2.75) is 13.3 Å². The van der Waals surface area contributed by atoms with Crippen LogP contribution in [-0.4, -0.2) is 45.8 Å². The zero-order chi connectivity index (χ0) is 23.1. The van der Waals surface area contributed by atoms with Crippen LogP contribution in [-0.2, 0) is 0 Å². The summed E-state index contributed by atoms with van der Waals surface area (Å²) in [6.45, 7) is 2.85. The van der Waals surface area contributed by atoms with Crippen molar-refractivity contribution >= 4 is 40.2 Å². The summed E-state index contributed by atoms with van der Waals surface area (Å²) in [5.74, 6) is 0.504. The summed E-state index contributed by atoms with van der Waals surface area (Å²) in [6.07, 6.45) is 0.696. The maximum atomic E-state index is 13.7. The minimum absolute atomic E-state index is 0.189. The number of anilines is 2. The number of benzene rings is 2. The van der Waals surface area contributed by atoms with Gasteiger partial charge in [0.1, 0.15) is 0 Å². The SMILES string of the molecule is Cc1cc(=O)c(C(=O)N2CCCN(C)c3nc4ccccc4nc32)nn1-c1ccccc1Cl. The van der Waals surface area contributed by atoms with Crippen molar-refractivity contribution in [2.24, 2.45) is 0 Å². The van der Waals surface area contributed by atoms with Gasteiger partial charge in [-0.25, -0.2) is 14.6 Å². The first-order valence-electron chi connectivity index (χ1n) is 10.6. The molecule has 0 saturated heterocycles. The predicted molar refractivity (Wildman–Crippen MR) is 129 cm³/mol. The van der Waals surface area contributed by atoms with Gasteiger partial charge in [0.15, 0.2) is 17.3 Å². The number of carbonyl (C=O) groups excluding carboxylic acids is 1. The van der Waals surface area contributed by atoms with Crippen molar-refractivity contribution in [1.29, 1.82) is 0 Å². The van der Waals surface area contributed by atoms with Gasteiger partial charge in [0, 0.05) is 31.9 Å². The molecule has 33 heavy (non-hydrogen) atoms. The first kappa shape index (κ1) is 21.1. The third-order valence-corrected chi connectivity index (χ3v) is 5.98. The van der Waals surface area contributed by atoms with E-state index in [4.69, 9.17) is 21.6 Å². The lowest BCUT2D eigenvalue weighted by Gasteiger charge is -2.22. The van der Waals surface area contributed by atoms with Crippen LogP contribution < -0.4 is 15.2 Å². The number of aromatic nitrogens is 4. The summed E-state index contributed by atoms with van der Waals surface area (Å²) in [7, 11) is 1.92. The van der Waals surface area contributed by atoms with E-state index in [-0.39, 0.29) is 5.69 Å². The van der Waals surface area contributed by atoms with Crippen LogP contribution in [0.25, 0.3) is 16.7 Å². The summed E-state index contributed by atoms with van der Waals surface area (Å²) in [5, 5.41) is 4.90. The van der Waals surface area contributed by atoms with Crippen molar-refractivity contribution in [2.75, 3.05) is 29.9 Å². The highest BCUT2D eigenvalue weighted by Crippen LogP contribution is 2.31. The van der Waals surface area contributed by atoms with Gasteiger partial charge in [-0.3, -0.25) is 14.5 Å². The van der Waals surface area contributed by atoms with Crippen LogP contribution in [0.1, 0.15) is 22.6 Å². The Morgan fingerprint density at radius 3 is 2.36 bits per heavy atom. The molecule has 1 aliphatic heterocycles. The number of para-hydroxylation sites is 3. The van der Waals surface area contributed by atoms with E-state index in [2.05, 4.69) is 5.10 Å². The largest absolute Gasteiger partial charge is 0.357 e. The number of carbonyl (C=O) groups is 1. The number of halogens is 1. The van der Waals surface area contributed by atoms with Crippen LogP contribution in [0.3, 0.4) is 0 Å². The second kappa shape index (κ2) is 8.29. The van der Waals surface area contributed by atoms with Crippen LogP contribution in [0.2, 0.25) is 5.02 Å². The molecule has 1 amide bonds. The topological polar surface area (TPSA) is 84.2 Å². The average Bonchev–Trinajstić information content (AvgIpc) is 2.96. The van der Waals surface area contributed by atoms with E-state index in [0.717, 1.165) is 5.52 Å². The lowest BCUT2D eigenvalue weighted by Crippen LogP contribution is -2.37. The maximum absolute atomic E-state index is 13.7. The first-order chi connectivity index (χ1) is 15.9. The quantitative estimate of drug-likeness (QED) is 0.454. The average molecular weight is 461 g/mol. The molecule has 166 valence electrons. The highest BCUT2D eigenvalue weighted by Gasteiger charge is 2.30. The van der Waals surface area contributed by atoms with E-state index < -0.39 is 11.3 Å². The van der Waals surface area contributed by atoms with Crippen molar-refractivity contribution in [3.63, 3.8) is 0 Å². The molecular formula is C24H21ClN6O2. The van der Waals surface area contributed by atoms with E-state index in [1.165, 1.54) is 15.6 Å². The number of nitrogens with zero attached hydrogens (tertiary/aromatic N) is 6. The number of aryl methyl sites for hydroxylation is 1. The highest BCUT2D eigenvalue weighted by atomic mass is 35.5. The standard InChI is InChI=1S/C24H21ClN6O2/c1-15-14-20(32)21(28-31(15)19-11-6-3-8-16(19)25)24(33)30-13-7-12-29(2)22-23(30)27-18-10-5-4-9-17(18)26-22/h3-6,8-11,14H,7,12-13H2,1-2H3. The molecule has 4 aromatic rings. The fourth-order valence-corrected chi connectivity index (χ4v) is 4.20. The summed E-state index contributed by atoms with van der Waals surface area (Å²) < 4.78 is 1.52. The summed E-state index contributed by atoms with van der Waals surface area (Å²) in [6, 6.07) is 16.1. The van der Waals surface area contributed by atoms with E-state index in [1.54, 1.807) is 19.1 Å². The van der Waals surface area contributed by atoms with Gasteiger partial charge in [0.2, 0.25) is 5.43 Å². The van der Waals surface area contributed by atoms with Crippen molar-refractivity contribution in [3.8, 4) is 5.69 Å². The predicted octanol–water partition coefficient (Wildman–Crippen LogP) is 3.62. The van der Waals surface area contributed by atoms with Gasteiger partial charge < -0.3 is 4.90 Å². The number of rotatable bonds is 2. The third kappa shape index (κ3) is 3.72. The molecule has 5 rings (SSSR count). The van der Waals surface area contributed by atoms with E-state index in [1.807, 2.05) is 48.3 Å². The van der Waals surface area contributed by atoms with E-state index in [0.29, 0.717) is 53.1 Å². The number of amides is 1. The van der Waals surface area contributed by atoms with E-state index >= 15 is 0 Å². The molecule has 0 N–H and O–H groups in total. The molecule has 0 saturated carbocycles. The van der Waals surface area contributed by atoms with Crippen LogP contribution >= 0.6 is 11.6 Å². The van der Waals surface area contributed by atoms with Crippen LogP contribution in [0.4, 0.5) is 11.6 Å². The number of hydrogen-bond acceptors (Lipinski definition) is 6. The fraction of sp³-hybridized carbons (Fsp3) is 0.208. The van der Waals surface area contributed by atoms with Gasteiger partial charge in [-0.1, -0.05) is 35.9 Å². The van der Waals surface area contributed by atoms with Crippen molar-refractivity contribution in [1.82, 2.24) is 19.7 Å². The van der Waals surface area contributed by atoms with Gasteiger partial charge in [0.25, 0.3) is 5.91 Å². The van der Waals surface area contributed by atoms with Gasteiger partial charge in [0.05, 0.1) is 21.7 Å². The summed E-state index contributed by atoms with van der Waals surface area (Å²) in [4.78, 5) is 39.5. The molecule has 9 heteroatoms. The molecular weight excluding hydrogens is 440 g/mol. The Morgan fingerprint density at radius 1 is 0.970 bits per heavy atom. The number of fused-ring (bicyclic) bond motifs is 2. The Morgan fingerprint density at radius 2 is 1.64 bits per heavy atom. The monoisotopic (exact) mass is 460 g/mol. The lowest BCUT2D eigenvalue weighted by molar-refractivity contribution is 0.0979. The molecule has 2 aromatic heterocycles. The number of hydrogen-bond donors (Lipinski definition) is 0. The Hall–Kier alpha value is -3.78. The van der Waals surface area contributed by atoms with Crippen LogP contribution in [0, 0.1) is 6.92 Å². The summed E-state index contributed by atoms with van der Waals surface area (Å²) in [5.41, 5.74) is 1.94. The minimum Gasteiger partial charge on any atom is -0.357 e. The van der Waals surface area contributed by atoms with Crippen LogP contribution in [0.15, 0.2) is 59.4 Å². The normalized spacial score (nSPS) is 13.7. The van der Waals surface area contributed by atoms with Crippen molar-refractivity contribution in [3.05, 3.63) is 81.2 Å². The van der Waals surface area contributed by atoms with Crippen LogP contribution in [0.5, 0.6) is 0 Å². The molecule has 0 fully saturated rings. The second-order valence-electron chi connectivity index (χ2n) is 7.95. The van der Waals surface area contributed by atoms with Gasteiger partial charge in [-0.2, -0.15) is 5.10 Å². The van der Waals surface area contributed by atoms with Gasteiger partial charge >= 0.3 is 0 Å². The molecule has 3 heterocycles. The molecule has 2 aromatic carbocycles. The molecule has 8 nitrogen and oxygen atoms in total. The molecule has 0 aliphatic carbocycles. The van der Waals surface area contributed by atoms with Gasteiger partial charge in [-0.05, 0) is 37.6 Å². The fourth-order valence-electron chi connectivity index (χ4n) is 3.98. The smallest absolute Gasteiger partial charge is 0.284 e. The van der Waals surface area contributed by atoms with Gasteiger partial charge in [-0.15, -0.1) is 0 Å². The Bertz CT molecular complexity index is 1450. The zero-order valence-electron chi connectivity index (χ0n) is 18.2. The minimum atomic E-state index is -0.512. The Labute approximate surface area is 195 Å². The molecule has 0 radical (unpaired) electrons. The molecule has 0 spiro atoms. The Kier molecular flexibility index (Phi) is 5.30. The molecule has 0 atom stereocenters. The molecule has 0 bridgehead atoms.